The number of hydrogen-bond donors (Lipinski definition) is 1. The van der Waals surface area contributed by atoms with Crippen molar-refractivity contribution >= 4 is 15.8 Å². The number of Topliss-reactive ketones (excluding diaryl/α,β-unsaturated/α-hetero) is 1. The highest BCUT2D eigenvalue weighted by Crippen LogP contribution is 2.32. The number of nitrogens with zero attached hydrogens (tertiary/aromatic N) is 1. The Balaban J connectivity index is 1.37. The van der Waals surface area contributed by atoms with Gasteiger partial charge in [0.2, 0.25) is 16.8 Å². The van der Waals surface area contributed by atoms with Crippen LogP contribution in [0.25, 0.3) is 0 Å². The van der Waals surface area contributed by atoms with Gasteiger partial charge in [0, 0.05) is 25.2 Å². The summed E-state index contributed by atoms with van der Waals surface area (Å²) in [4.78, 5) is 12.8. The molecule has 1 fully saturated rings. The molecule has 1 saturated heterocycles. The lowest BCUT2D eigenvalue weighted by Crippen LogP contribution is -2.37. The zero-order valence-electron chi connectivity index (χ0n) is 17.0. The minimum Gasteiger partial charge on any atom is -0.454 e. The summed E-state index contributed by atoms with van der Waals surface area (Å²) in [5.74, 6) is 1.81. The van der Waals surface area contributed by atoms with E-state index in [0.29, 0.717) is 36.9 Å². The summed E-state index contributed by atoms with van der Waals surface area (Å²) < 4.78 is 38.0. The summed E-state index contributed by atoms with van der Waals surface area (Å²) in [5, 5.41) is 3.11. The molecule has 7 nitrogen and oxygen atoms in total. The molecule has 2 aromatic rings. The highest BCUT2D eigenvalue weighted by Gasteiger charge is 2.28. The number of carbonyl (C=O) groups is 1. The van der Waals surface area contributed by atoms with Gasteiger partial charge >= 0.3 is 0 Å². The van der Waals surface area contributed by atoms with Crippen LogP contribution < -0.4 is 14.8 Å². The topological polar surface area (TPSA) is 84.9 Å². The maximum atomic E-state index is 12.9. The van der Waals surface area contributed by atoms with Crippen LogP contribution in [0.5, 0.6) is 11.5 Å². The molecular weight excluding hydrogens is 404 g/mol. The molecule has 0 amide bonds. The summed E-state index contributed by atoms with van der Waals surface area (Å²) in [6.07, 6.45) is 1.73. The molecule has 0 aromatic heterocycles. The van der Waals surface area contributed by atoms with Crippen molar-refractivity contribution in [2.24, 2.45) is 5.92 Å². The Labute approximate surface area is 177 Å². The molecular formula is C22H26N2O5S. The van der Waals surface area contributed by atoms with Crippen molar-refractivity contribution in [3.05, 3.63) is 53.6 Å². The molecule has 0 atom stereocenters. The predicted molar refractivity (Wildman–Crippen MR) is 112 cm³/mol. The second-order valence-electron chi connectivity index (χ2n) is 7.83. The fraction of sp³-hybridized carbons (Fsp3) is 0.409. The highest BCUT2D eigenvalue weighted by molar-refractivity contribution is 7.89. The summed E-state index contributed by atoms with van der Waals surface area (Å²) in [6.45, 7) is 4.02. The lowest BCUT2D eigenvalue weighted by Gasteiger charge is -2.29. The second-order valence-corrected chi connectivity index (χ2v) is 9.77. The number of sulfonamides is 1. The van der Waals surface area contributed by atoms with Crippen LogP contribution in [0.3, 0.4) is 0 Å². The van der Waals surface area contributed by atoms with Crippen LogP contribution in [-0.4, -0.2) is 44.9 Å². The summed E-state index contributed by atoms with van der Waals surface area (Å²) in [5.41, 5.74) is 1.36. The Hall–Kier alpha value is -2.42. The van der Waals surface area contributed by atoms with Crippen LogP contribution in [0, 0.1) is 5.92 Å². The second kappa shape index (κ2) is 8.75. The molecule has 2 heterocycles. The number of ketones is 1. The molecule has 0 radical (unpaired) electrons. The Kier molecular flexibility index (Phi) is 6.08. The molecule has 1 N–H and O–H groups in total. The maximum absolute atomic E-state index is 12.9. The number of rotatable bonds is 7. The first-order valence-electron chi connectivity index (χ1n) is 10.2. The zero-order chi connectivity index (χ0) is 21.1. The molecule has 0 aliphatic carbocycles. The maximum Gasteiger partial charge on any atom is 0.243 e. The van der Waals surface area contributed by atoms with Crippen molar-refractivity contribution in [1.82, 2.24) is 9.62 Å². The summed E-state index contributed by atoms with van der Waals surface area (Å²) in [7, 11) is -3.58. The molecule has 8 heteroatoms. The molecule has 2 aliphatic rings. The third kappa shape index (κ3) is 4.50. The van der Waals surface area contributed by atoms with Crippen molar-refractivity contribution in [3.8, 4) is 11.5 Å². The van der Waals surface area contributed by atoms with E-state index in [0.717, 1.165) is 24.2 Å². The number of hydrogen-bond acceptors (Lipinski definition) is 6. The van der Waals surface area contributed by atoms with Crippen LogP contribution in [0.4, 0.5) is 0 Å². The van der Waals surface area contributed by atoms with E-state index in [4.69, 9.17) is 9.47 Å². The van der Waals surface area contributed by atoms with E-state index in [-0.39, 0.29) is 24.0 Å². The van der Waals surface area contributed by atoms with Crippen molar-refractivity contribution in [2.45, 2.75) is 31.2 Å². The minimum absolute atomic E-state index is 0.110. The van der Waals surface area contributed by atoms with Gasteiger partial charge in [0.25, 0.3) is 0 Å². The Bertz CT molecular complexity index is 1030. The average Bonchev–Trinajstić information content (AvgIpc) is 3.22. The van der Waals surface area contributed by atoms with Crippen molar-refractivity contribution < 1.29 is 22.7 Å². The Morgan fingerprint density at radius 1 is 1.10 bits per heavy atom. The van der Waals surface area contributed by atoms with E-state index in [2.05, 4.69) is 12.2 Å². The Morgan fingerprint density at radius 2 is 1.87 bits per heavy atom. The molecule has 2 aromatic carbocycles. The van der Waals surface area contributed by atoms with E-state index in [1.165, 1.54) is 10.4 Å². The molecule has 0 saturated carbocycles. The van der Waals surface area contributed by atoms with E-state index >= 15 is 0 Å². The SMILES string of the molecule is CC1CCN(S(=O)(=O)c2cccc(C(=O)CNCc3ccc4c(c3)OCO4)c2)CC1. The number of nitrogens with one attached hydrogen (secondary N) is 1. The van der Waals surface area contributed by atoms with Crippen molar-refractivity contribution in [2.75, 3.05) is 26.4 Å². The third-order valence-corrected chi connectivity index (χ3v) is 7.48. The van der Waals surface area contributed by atoms with E-state index in [9.17, 15) is 13.2 Å². The molecule has 4 rings (SSSR count). The van der Waals surface area contributed by atoms with Crippen LogP contribution in [0.2, 0.25) is 0 Å². The number of fused-ring (bicyclic) bond motifs is 1. The summed E-state index contributed by atoms with van der Waals surface area (Å²) >= 11 is 0. The quantitative estimate of drug-likeness (QED) is 0.680. The van der Waals surface area contributed by atoms with Crippen LogP contribution in [-0.2, 0) is 16.6 Å². The smallest absolute Gasteiger partial charge is 0.243 e. The van der Waals surface area contributed by atoms with Crippen LogP contribution >= 0.6 is 0 Å². The molecule has 2 aliphatic heterocycles. The zero-order valence-corrected chi connectivity index (χ0v) is 17.8. The lowest BCUT2D eigenvalue weighted by atomic mass is 10.0. The first-order valence-corrected chi connectivity index (χ1v) is 11.6. The van der Waals surface area contributed by atoms with Gasteiger partial charge in [-0.15, -0.1) is 0 Å². The fourth-order valence-electron chi connectivity index (χ4n) is 3.68. The standard InChI is InChI=1S/C22H26N2O5S/c1-16-7-9-24(10-8-16)30(26,27)19-4-2-3-18(12-19)20(25)14-23-13-17-5-6-21-22(11-17)29-15-28-21/h2-6,11-12,16,23H,7-10,13-15H2,1H3. The van der Waals surface area contributed by atoms with Crippen molar-refractivity contribution in [1.29, 1.82) is 0 Å². The third-order valence-electron chi connectivity index (χ3n) is 5.59. The lowest BCUT2D eigenvalue weighted by molar-refractivity contribution is 0.0990. The van der Waals surface area contributed by atoms with Gasteiger partial charge in [0.15, 0.2) is 17.3 Å². The Morgan fingerprint density at radius 3 is 2.67 bits per heavy atom. The van der Waals surface area contributed by atoms with Gasteiger partial charge in [-0.2, -0.15) is 4.31 Å². The molecule has 0 unspecified atom stereocenters. The van der Waals surface area contributed by atoms with Gasteiger partial charge in [-0.1, -0.05) is 25.1 Å². The van der Waals surface area contributed by atoms with Gasteiger partial charge in [-0.25, -0.2) is 8.42 Å². The first-order chi connectivity index (χ1) is 14.4. The number of benzene rings is 2. The molecule has 0 spiro atoms. The molecule has 0 bridgehead atoms. The van der Waals surface area contributed by atoms with Gasteiger partial charge in [0.1, 0.15) is 0 Å². The summed E-state index contributed by atoms with van der Waals surface area (Å²) in [6, 6.07) is 12.0. The van der Waals surface area contributed by atoms with Crippen molar-refractivity contribution in [3.63, 3.8) is 0 Å². The largest absolute Gasteiger partial charge is 0.454 e. The normalized spacial score (nSPS) is 17.2. The predicted octanol–water partition coefficient (Wildman–Crippen LogP) is 2.81. The first kappa shape index (κ1) is 20.8. The average molecular weight is 431 g/mol. The molecule has 30 heavy (non-hydrogen) atoms. The number of carbonyl (C=O) groups excluding carboxylic acids is 1. The molecule has 160 valence electrons. The van der Waals surface area contributed by atoms with Crippen LogP contribution in [0.15, 0.2) is 47.4 Å². The number of ether oxygens (including phenoxy) is 2. The van der Waals surface area contributed by atoms with Gasteiger partial charge in [-0.05, 0) is 48.6 Å². The van der Waals surface area contributed by atoms with Gasteiger partial charge < -0.3 is 14.8 Å². The highest BCUT2D eigenvalue weighted by atomic mass is 32.2. The fourth-order valence-corrected chi connectivity index (χ4v) is 5.19. The van der Waals surface area contributed by atoms with E-state index < -0.39 is 10.0 Å². The van der Waals surface area contributed by atoms with Gasteiger partial charge in [-0.3, -0.25) is 4.79 Å². The minimum atomic E-state index is -3.58. The van der Waals surface area contributed by atoms with Gasteiger partial charge in [0.05, 0.1) is 11.4 Å². The number of piperidine rings is 1. The van der Waals surface area contributed by atoms with Crippen LogP contribution in [0.1, 0.15) is 35.7 Å². The monoisotopic (exact) mass is 430 g/mol. The van der Waals surface area contributed by atoms with E-state index in [1.54, 1.807) is 18.2 Å². The van der Waals surface area contributed by atoms with E-state index in [1.807, 2.05) is 18.2 Å².